The molecular formula is C25H28O6S. The molecule has 0 aromatic heterocycles. The zero-order valence-corrected chi connectivity index (χ0v) is 18.8. The van der Waals surface area contributed by atoms with E-state index >= 15 is 0 Å². The van der Waals surface area contributed by atoms with Gasteiger partial charge in [-0.15, -0.1) is 0 Å². The molecule has 0 radical (unpaired) electrons. The van der Waals surface area contributed by atoms with E-state index < -0.39 is 10.1 Å². The molecule has 3 aromatic rings. The molecule has 2 N–H and O–H groups in total. The summed E-state index contributed by atoms with van der Waals surface area (Å²) in [6, 6.07) is 20.3. The van der Waals surface area contributed by atoms with Crippen molar-refractivity contribution >= 4 is 10.1 Å². The Morgan fingerprint density at radius 3 is 2.41 bits per heavy atom. The highest BCUT2D eigenvalue weighted by Gasteiger charge is 2.16. The van der Waals surface area contributed by atoms with Crippen molar-refractivity contribution < 1.29 is 27.6 Å². The third kappa shape index (κ3) is 6.82. The van der Waals surface area contributed by atoms with Gasteiger partial charge in [-0.3, -0.25) is 4.55 Å². The third-order valence-electron chi connectivity index (χ3n) is 5.03. The molecule has 0 atom stereocenters. The zero-order chi connectivity index (χ0) is 23.0. The highest BCUT2D eigenvalue weighted by atomic mass is 32.2. The summed E-state index contributed by atoms with van der Waals surface area (Å²) in [6.45, 7) is 3.34. The van der Waals surface area contributed by atoms with E-state index in [-0.39, 0.29) is 11.5 Å². The Morgan fingerprint density at radius 1 is 1.03 bits per heavy atom. The lowest BCUT2D eigenvalue weighted by atomic mass is 10.0. The first-order valence-corrected chi connectivity index (χ1v) is 11.9. The van der Waals surface area contributed by atoms with Gasteiger partial charge in [0.05, 0.1) is 11.5 Å². The van der Waals surface area contributed by atoms with Crippen LogP contribution >= 0.6 is 0 Å². The average Bonchev–Trinajstić information content (AvgIpc) is 3.24. The SMILES string of the molecule is Cc1ccc(S(=O)(=O)O)cc1.OCCCc1cc2c(cc1OCc1ccccc1)CCO2. The van der Waals surface area contributed by atoms with E-state index in [1.807, 2.05) is 25.1 Å². The molecule has 32 heavy (non-hydrogen) atoms. The number of aryl methyl sites for hydroxylation is 2. The van der Waals surface area contributed by atoms with Gasteiger partial charge in [-0.1, -0.05) is 48.0 Å². The van der Waals surface area contributed by atoms with Gasteiger partial charge in [0.1, 0.15) is 18.1 Å². The molecule has 170 valence electrons. The van der Waals surface area contributed by atoms with Crippen LogP contribution < -0.4 is 9.47 Å². The minimum atomic E-state index is -4.02. The van der Waals surface area contributed by atoms with Crippen molar-refractivity contribution in [1.29, 1.82) is 0 Å². The van der Waals surface area contributed by atoms with E-state index in [9.17, 15) is 8.42 Å². The van der Waals surface area contributed by atoms with Crippen LogP contribution in [0.1, 0.15) is 28.7 Å². The molecular weight excluding hydrogens is 428 g/mol. The molecule has 0 bridgehead atoms. The first-order valence-electron chi connectivity index (χ1n) is 10.5. The summed E-state index contributed by atoms with van der Waals surface area (Å²) in [7, 11) is -4.02. The second-order valence-corrected chi connectivity index (χ2v) is 8.98. The predicted molar refractivity (Wildman–Crippen MR) is 123 cm³/mol. The molecule has 1 aliphatic heterocycles. The molecule has 0 saturated heterocycles. The zero-order valence-electron chi connectivity index (χ0n) is 18.0. The van der Waals surface area contributed by atoms with Crippen molar-refractivity contribution in [2.24, 2.45) is 0 Å². The van der Waals surface area contributed by atoms with Crippen LogP contribution in [0.2, 0.25) is 0 Å². The molecule has 3 aromatic carbocycles. The molecule has 0 saturated carbocycles. The van der Waals surface area contributed by atoms with Crippen LogP contribution in [-0.4, -0.2) is 31.3 Å². The summed E-state index contributed by atoms with van der Waals surface area (Å²) in [5.41, 5.74) is 4.44. The smallest absolute Gasteiger partial charge is 0.294 e. The predicted octanol–water partition coefficient (Wildman–Crippen LogP) is 4.37. The van der Waals surface area contributed by atoms with Gasteiger partial charge in [-0.05, 0) is 55.2 Å². The number of fused-ring (bicyclic) bond motifs is 1. The van der Waals surface area contributed by atoms with Gasteiger partial charge in [0, 0.05) is 18.6 Å². The van der Waals surface area contributed by atoms with Crippen molar-refractivity contribution in [3.63, 3.8) is 0 Å². The Kier molecular flexibility index (Phi) is 8.27. The number of aliphatic hydroxyl groups is 1. The van der Waals surface area contributed by atoms with Gasteiger partial charge < -0.3 is 14.6 Å². The molecule has 0 amide bonds. The van der Waals surface area contributed by atoms with Crippen molar-refractivity contribution in [3.8, 4) is 11.5 Å². The monoisotopic (exact) mass is 456 g/mol. The van der Waals surface area contributed by atoms with E-state index in [1.165, 1.54) is 17.7 Å². The number of aliphatic hydroxyl groups excluding tert-OH is 1. The van der Waals surface area contributed by atoms with Crippen molar-refractivity contribution in [2.75, 3.05) is 13.2 Å². The van der Waals surface area contributed by atoms with Crippen LogP contribution in [-0.2, 0) is 29.6 Å². The quantitative estimate of drug-likeness (QED) is 0.513. The fourth-order valence-electron chi connectivity index (χ4n) is 3.29. The number of hydrogen-bond donors (Lipinski definition) is 2. The maximum absolute atomic E-state index is 10.5. The standard InChI is InChI=1S/C18H20O3.C7H8O3S/c19-9-4-7-15-11-17-16(8-10-20-17)12-18(15)21-13-14-5-2-1-3-6-14;1-6-2-4-7(5-3-6)11(8,9)10/h1-3,5-6,11-12,19H,4,7-10,13H2;2-5H,1H3,(H,8,9,10). The van der Waals surface area contributed by atoms with Crippen LogP contribution in [0.3, 0.4) is 0 Å². The van der Waals surface area contributed by atoms with Gasteiger partial charge in [0.25, 0.3) is 10.1 Å². The molecule has 0 aliphatic carbocycles. The van der Waals surface area contributed by atoms with Crippen LogP contribution in [0.15, 0.2) is 71.6 Å². The van der Waals surface area contributed by atoms with E-state index in [1.54, 1.807) is 12.1 Å². The van der Waals surface area contributed by atoms with E-state index in [4.69, 9.17) is 19.1 Å². The van der Waals surface area contributed by atoms with Gasteiger partial charge in [-0.25, -0.2) is 0 Å². The van der Waals surface area contributed by atoms with E-state index in [2.05, 4.69) is 24.3 Å². The molecule has 0 spiro atoms. The number of benzene rings is 3. The topological polar surface area (TPSA) is 93.1 Å². The minimum Gasteiger partial charge on any atom is -0.493 e. The second kappa shape index (κ2) is 11.1. The summed E-state index contributed by atoms with van der Waals surface area (Å²) >= 11 is 0. The number of ether oxygens (including phenoxy) is 2. The highest BCUT2D eigenvalue weighted by molar-refractivity contribution is 7.85. The summed E-state index contributed by atoms with van der Waals surface area (Å²) in [5, 5.41) is 9.05. The fraction of sp³-hybridized carbons (Fsp3) is 0.280. The van der Waals surface area contributed by atoms with Gasteiger partial charge in [0.15, 0.2) is 0 Å². The van der Waals surface area contributed by atoms with Gasteiger partial charge in [0.2, 0.25) is 0 Å². The Balaban J connectivity index is 0.000000222. The molecule has 0 unspecified atom stereocenters. The summed E-state index contributed by atoms with van der Waals surface area (Å²) in [5.74, 6) is 1.88. The van der Waals surface area contributed by atoms with Crippen LogP contribution in [0.4, 0.5) is 0 Å². The first-order chi connectivity index (χ1) is 15.4. The lowest BCUT2D eigenvalue weighted by Gasteiger charge is -2.13. The Labute approximate surface area is 189 Å². The van der Waals surface area contributed by atoms with Gasteiger partial charge in [-0.2, -0.15) is 8.42 Å². The molecule has 1 heterocycles. The van der Waals surface area contributed by atoms with Crippen LogP contribution in [0, 0.1) is 6.92 Å². The molecule has 0 fully saturated rings. The lowest BCUT2D eigenvalue weighted by molar-refractivity contribution is 0.283. The first kappa shape index (κ1) is 23.8. The highest BCUT2D eigenvalue weighted by Crippen LogP contribution is 2.34. The second-order valence-electron chi connectivity index (χ2n) is 7.56. The number of rotatable bonds is 7. The normalized spacial score (nSPS) is 12.3. The Hall–Kier alpha value is -2.87. The summed E-state index contributed by atoms with van der Waals surface area (Å²) < 4.78 is 41.2. The maximum atomic E-state index is 10.5. The molecule has 4 rings (SSSR count). The van der Waals surface area contributed by atoms with Crippen LogP contribution in [0.5, 0.6) is 11.5 Å². The summed E-state index contributed by atoms with van der Waals surface area (Å²) in [4.78, 5) is -0.0666. The Morgan fingerprint density at radius 2 is 1.75 bits per heavy atom. The number of hydrogen-bond acceptors (Lipinski definition) is 5. The molecule has 6 nitrogen and oxygen atoms in total. The lowest BCUT2D eigenvalue weighted by Crippen LogP contribution is -2.00. The molecule has 7 heteroatoms. The minimum absolute atomic E-state index is 0.0666. The van der Waals surface area contributed by atoms with E-state index in [0.29, 0.717) is 6.61 Å². The van der Waals surface area contributed by atoms with Crippen LogP contribution in [0.25, 0.3) is 0 Å². The van der Waals surface area contributed by atoms with Crippen molar-refractivity contribution in [2.45, 2.75) is 37.7 Å². The van der Waals surface area contributed by atoms with Gasteiger partial charge >= 0.3 is 0 Å². The van der Waals surface area contributed by atoms with Crippen molar-refractivity contribution in [3.05, 3.63) is 89.0 Å². The maximum Gasteiger partial charge on any atom is 0.294 e. The molecule has 1 aliphatic rings. The summed E-state index contributed by atoms with van der Waals surface area (Å²) in [6.07, 6.45) is 2.48. The Bertz CT molecular complexity index is 1110. The average molecular weight is 457 g/mol. The third-order valence-corrected chi connectivity index (χ3v) is 5.90. The van der Waals surface area contributed by atoms with E-state index in [0.717, 1.165) is 54.1 Å². The van der Waals surface area contributed by atoms with Crippen molar-refractivity contribution in [1.82, 2.24) is 0 Å². The fourth-order valence-corrected chi connectivity index (χ4v) is 3.77. The largest absolute Gasteiger partial charge is 0.493 e.